The Bertz CT molecular complexity index is 313. The van der Waals surface area contributed by atoms with Gasteiger partial charge in [-0.05, 0) is 30.7 Å². The van der Waals surface area contributed by atoms with Crippen molar-refractivity contribution in [3.8, 4) is 12.3 Å². The van der Waals surface area contributed by atoms with Crippen molar-refractivity contribution >= 4 is 0 Å². The highest BCUT2D eigenvalue weighted by molar-refractivity contribution is 5.27. The normalized spacial score (nSPS) is 25.6. The third kappa shape index (κ3) is 2.13. The van der Waals surface area contributed by atoms with Gasteiger partial charge in [0.15, 0.2) is 0 Å². The van der Waals surface area contributed by atoms with Crippen LogP contribution < -0.4 is 0 Å². The first-order valence-electron chi connectivity index (χ1n) is 5.03. The fourth-order valence-corrected chi connectivity index (χ4v) is 1.71. The van der Waals surface area contributed by atoms with Crippen LogP contribution in [-0.2, 0) is 9.47 Å². The molecule has 2 rings (SSSR count). The number of ether oxygens (including phenoxy) is 2. The molecular weight excluding hydrogens is 192 g/mol. The summed E-state index contributed by atoms with van der Waals surface area (Å²) in [5.74, 6) is 1.76. The molecule has 0 unspecified atom stereocenters. The predicted molar refractivity (Wildman–Crippen MR) is 55.9 cm³/mol. The molecule has 2 aliphatic rings. The van der Waals surface area contributed by atoms with Crippen LogP contribution in [-0.4, -0.2) is 29.7 Å². The van der Waals surface area contributed by atoms with E-state index in [4.69, 9.17) is 15.9 Å². The second-order valence-electron chi connectivity index (χ2n) is 3.78. The summed E-state index contributed by atoms with van der Waals surface area (Å²) in [4.78, 5) is 0. The fraction of sp³-hybridized carbons (Fsp3) is 0.500. The Hall–Kier alpha value is -1.08. The van der Waals surface area contributed by atoms with Gasteiger partial charge in [-0.2, -0.15) is 0 Å². The molecule has 0 bridgehead atoms. The van der Waals surface area contributed by atoms with Crippen molar-refractivity contribution in [2.45, 2.75) is 24.2 Å². The maximum Gasteiger partial charge on any atom is 0.208 e. The topological polar surface area (TPSA) is 38.7 Å². The maximum atomic E-state index is 10.1. The van der Waals surface area contributed by atoms with Crippen molar-refractivity contribution in [3.05, 3.63) is 24.3 Å². The number of aliphatic hydroxyl groups is 1. The first-order valence-corrected chi connectivity index (χ1v) is 5.03. The third-order valence-corrected chi connectivity index (χ3v) is 2.62. The molecular formula is C12H14O3. The van der Waals surface area contributed by atoms with Gasteiger partial charge in [-0.25, -0.2) is 0 Å². The van der Waals surface area contributed by atoms with E-state index in [1.54, 1.807) is 24.3 Å². The zero-order valence-electron chi connectivity index (χ0n) is 8.48. The van der Waals surface area contributed by atoms with Crippen molar-refractivity contribution < 1.29 is 14.6 Å². The largest absolute Gasteiger partial charge is 0.382 e. The Morgan fingerprint density at radius 2 is 1.80 bits per heavy atom. The van der Waals surface area contributed by atoms with Crippen LogP contribution in [0.5, 0.6) is 0 Å². The molecule has 0 aromatic heterocycles. The molecule has 1 aliphatic carbocycles. The minimum Gasteiger partial charge on any atom is -0.382 e. The second kappa shape index (κ2) is 3.82. The molecule has 80 valence electrons. The smallest absolute Gasteiger partial charge is 0.208 e. The van der Waals surface area contributed by atoms with Crippen molar-refractivity contribution in [3.63, 3.8) is 0 Å². The Labute approximate surface area is 89.4 Å². The predicted octanol–water partition coefficient (Wildman–Crippen LogP) is 1.000. The highest BCUT2D eigenvalue weighted by Gasteiger charge is 2.36. The summed E-state index contributed by atoms with van der Waals surface area (Å²) in [5, 5.41) is 10.1. The van der Waals surface area contributed by atoms with Crippen LogP contribution in [0.4, 0.5) is 0 Å². The molecule has 0 radical (unpaired) electrons. The van der Waals surface area contributed by atoms with E-state index in [-0.39, 0.29) is 0 Å². The standard InChI is InChI=1S/C12H14O3/c1-2-3-4-11(13)5-7-12(8-6-11)14-9-10-15-12/h1,5-8,13H,3-4,9-10H2. The molecule has 1 saturated heterocycles. The van der Waals surface area contributed by atoms with Crippen LogP contribution in [0.25, 0.3) is 0 Å². The Morgan fingerprint density at radius 1 is 1.20 bits per heavy atom. The quantitative estimate of drug-likeness (QED) is 0.541. The van der Waals surface area contributed by atoms with Gasteiger partial charge in [-0.1, -0.05) is 0 Å². The van der Waals surface area contributed by atoms with Gasteiger partial charge < -0.3 is 14.6 Å². The molecule has 15 heavy (non-hydrogen) atoms. The number of rotatable bonds is 2. The molecule has 0 amide bonds. The SMILES string of the molecule is C#CCCC1(O)C=CC2(C=C1)OCCO2. The van der Waals surface area contributed by atoms with Gasteiger partial charge in [0, 0.05) is 6.42 Å². The molecule has 1 N–H and O–H groups in total. The molecule has 3 heteroatoms. The Kier molecular flexibility index (Phi) is 2.66. The fourth-order valence-electron chi connectivity index (χ4n) is 1.71. The van der Waals surface area contributed by atoms with E-state index in [0.717, 1.165) is 0 Å². The molecule has 1 fully saturated rings. The summed E-state index contributed by atoms with van der Waals surface area (Å²) in [6.07, 6.45) is 13.1. The third-order valence-electron chi connectivity index (χ3n) is 2.62. The van der Waals surface area contributed by atoms with Crippen LogP contribution in [0.1, 0.15) is 12.8 Å². The summed E-state index contributed by atoms with van der Waals surface area (Å²) in [7, 11) is 0. The second-order valence-corrected chi connectivity index (χ2v) is 3.78. The van der Waals surface area contributed by atoms with E-state index in [2.05, 4.69) is 5.92 Å². The zero-order chi connectivity index (χ0) is 10.8. The van der Waals surface area contributed by atoms with Crippen molar-refractivity contribution in [2.24, 2.45) is 0 Å². The molecule has 0 atom stereocenters. The molecule has 0 aromatic carbocycles. The van der Waals surface area contributed by atoms with Crippen LogP contribution in [0.2, 0.25) is 0 Å². The molecule has 0 aromatic rings. The summed E-state index contributed by atoms with van der Waals surface area (Å²) in [5.41, 5.74) is -0.951. The lowest BCUT2D eigenvalue weighted by Crippen LogP contribution is -2.33. The van der Waals surface area contributed by atoms with Crippen molar-refractivity contribution in [1.29, 1.82) is 0 Å². The summed E-state index contributed by atoms with van der Waals surface area (Å²) in [6.45, 7) is 1.16. The molecule has 1 heterocycles. The van der Waals surface area contributed by atoms with E-state index in [1.807, 2.05) is 0 Å². The van der Waals surface area contributed by atoms with Gasteiger partial charge >= 0.3 is 0 Å². The average Bonchev–Trinajstić information content (AvgIpc) is 2.70. The molecule has 1 aliphatic heterocycles. The van der Waals surface area contributed by atoms with Gasteiger partial charge in [0.1, 0.15) is 5.60 Å². The van der Waals surface area contributed by atoms with Crippen molar-refractivity contribution in [2.75, 3.05) is 13.2 Å². The van der Waals surface area contributed by atoms with E-state index in [0.29, 0.717) is 26.1 Å². The number of hydrogen-bond donors (Lipinski definition) is 1. The molecule has 0 saturated carbocycles. The summed E-state index contributed by atoms with van der Waals surface area (Å²) in [6, 6.07) is 0. The Balaban J connectivity index is 2.05. The summed E-state index contributed by atoms with van der Waals surface area (Å²) < 4.78 is 10.9. The monoisotopic (exact) mass is 206 g/mol. The highest BCUT2D eigenvalue weighted by atomic mass is 16.7. The van der Waals surface area contributed by atoms with E-state index >= 15 is 0 Å². The lowest BCUT2D eigenvalue weighted by Gasteiger charge is -2.29. The number of terminal acetylenes is 1. The van der Waals surface area contributed by atoms with Crippen LogP contribution >= 0.6 is 0 Å². The minimum atomic E-state index is -0.951. The van der Waals surface area contributed by atoms with Gasteiger partial charge in [0.05, 0.1) is 13.2 Å². The molecule has 1 spiro atoms. The van der Waals surface area contributed by atoms with Crippen molar-refractivity contribution in [1.82, 2.24) is 0 Å². The molecule has 3 nitrogen and oxygen atoms in total. The average molecular weight is 206 g/mol. The van der Waals surface area contributed by atoms with Gasteiger partial charge in [0.2, 0.25) is 5.79 Å². The van der Waals surface area contributed by atoms with Crippen LogP contribution in [0, 0.1) is 12.3 Å². The maximum absolute atomic E-state index is 10.1. The van der Waals surface area contributed by atoms with E-state index < -0.39 is 11.4 Å². The highest BCUT2D eigenvalue weighted by Crippen LogP contribution is 2.31. The van der Waals surface area contributed by atoms with Gasteiger partial charge in [-0.15, -0.1) is 12.3 Å². The first kappa shape index (κ1) is 10.4. The first-order chi connectivity index (χ1) is 7.18. The van der Waals surface area contributed by atoms with Gasteiger partial charge in [-0.3, -0.25) is 0 Å². The summed E-state index contributed by atoms with van der Waals surface area (Å²) >= 11 is 0. The Morgan fingerprint density at radius 3 is 2.33 bits per heavy atom. The van der Waals surface area contributed by atoms with Crippen LogP contribution in [0.15, 0.2) is 24.3 Å². The number of hydrogen-bond acceptors (Lipinski definition) is 3. The van der Waals surface area contributed by atoms with Gasteiger partial charge in [0.25, 0.3) is 0 Å². The lowest BCUT2D eigenvalue weighted by molar-refractivity contribution is -0.0789. The lowest BCUT2D eigenvalue weighted by atomic mass is 9.91. The minimum absolute atomic E-state index is 0.520. The zero-order valence-corrected chi connectivity index (χ0v) is 8.48. The van der Waals surface area contributed by atoms with E-state index in [9.17, 15) is 5.11 Å². The van der Waals surface area contributed by atoms with E-state index in [1.165, 1.54) is 0 Å². The van der Waals surface area contributed by atoms with Crippen LogP contribution in [0.3, 0.4) is 0 Å².